The number of nitrogens with one attached hydrogen (secondary N) is 2. The number of carbonyl (C=O) groups is 2. The topological polar surface area (TPSA) is 66.7 Å². The van der Waals surface area contributed by atoms with E-state index in [0.717, 1.165) is 44.3 Å². The van der Waals surface area contributed by atoms with Gasteiger partial charge in [-0.25, -0.2) is 4.98 Å². The summed E-state index contributed by atoms with van der Waals surface area (Å²) < 4.78 is 0. The third-order valence-corrected chi connectivity index (χ3v) is 4.78. The molecule has 0 aliphatic rings. The number of aryl methyl sites for hydroxylation is 1. The number of carbonyl (C=O) groups excluding carboxylic acids is 2. The van der Waals surface area contributed by atoms with Crippen molar-refractivity contribution >= 4 is 28.3 Å². The summed E-state index contributed by atoms with van der Waals surface area (Å²) in [6, 6.07) is 0. The molecule has 1 rings (SSSR count). The van der Waals surface area contributed by atoms with Gasteiger partial charge in [-0.2, -0.15) is 0 Å². The van der Waals surface area contributed by atoms with Crippen molar-refractivity contribution in [3.8, 4) is 0 Å². The van der Waals surface area contributed by atoms with Crippen molar-refractivity contribution < 1.29 is 14.5 Å². The number of anilines is 1. The average molecular weight is 370 g/mol. The van der Waals surface area contributed by atoms with Gasteiger partial charge in [0.1, 0.15) is 0 Å². The van der Waals surface area contributed by atoms with Crippen molar-refractivity contribution in [2.45, 2.75) is 52.4 Å². The van der Waals surface area contributed by atoms with Crippen molar-refractivity contribution in [2.24, 2.45) is 0 Å². The van der Waals surface area contributed by atoms with Crippen LogP contribution >= 0.6 is 11.3 Å². The molecule has 0 spiro atoms. The van der Waals surface area contributed by atoms with Crippen molar-refractivity contribution in [1.82, 2.24) is 9.88 Å². The Bertz CT molecular complexity index is 531. The Morgan fingerprint density at radius 2 is 2.00 bits per heavy atom. The molecular weight excluding hydrogens is 336 g/mol. The zero-order valence-corrected chi connectivity index (χ0v) is 16.9. The molecule has 0 aromatic carbocycles. The van der Waals surface area contributed by atoms with Gasteiger partial charge in [0.25, 0.3) is 0 Å². The number of thiazole rings is 1. The smallest absolute Gasteiger partial charge is 0.245 e. The first-order valence-corrected chi connectivity index (χ1v) is 10.1. The summed E-state index contributed by atoms with van der Waals surface area (Å²) in [5.41, 5.74) is 0.887. The summed E-state index contributed by atoms with van der Waals surface area (Å²) in [6.07, 6.45) is 5.70. The highest BCUT2D eigenvalue weighted by atomic mass is 32.1. The Morgan fingerprint density at radius 1 is 1.24 bits per heavy atom. The molecule has 0 unspecified atom stereocenters. The van der Waals surface area contributed by atoms with Crippen LogP contribution in [0.15, 0.2) is 5.38 Å². The number of hydrogen-bond donors (Lipinski definition) is 2. The fraction of sp³-hybridized carbons (Fsp3) is 0.722. The number of aromatic nitrogens is 1. The molecule has 0 aliphatic heterocycles. The molecule has 6 nitrogen and oxygen atoms in total. The van der Waals surface area contributed by atoms with Crippen molar-refractivity contribution in [1.29, 1.82) is 0 Å². The lowest BCUT2D eigenvalue weighted by atomic mass is 10.1. The molecule has 0 radical (unpaired) electrons. The Labute approximate surface area is 155 Å². The molecule has 0 fully saturated rings. The van der Waals surface area contributed by atoms with Gasteiger partial charge < -0.3 is 15.1 Å². The monoisotopic (exact) mass is 369 g/mol. The highest BCUT2D eigenvalue weighted by molar-refractivity contribution is 7.13. The van der Waals surface area contributed by atoms with Gasteiger partial charge >= 0.3 is 0 Å². The lowest BCUT2D eigenvalue weighted by Crippen LogP contribution is -3.05. The quantitative estimate of drug-likeness (QED) is 0.551. The Hall–Kier alpha value is -1.47. The van der Waals surface area contributed by atoms with Crippen LogP contribution in [0.25, 0.3) is 0 Å². The number of amides is 2. The maximum atomic E-state index is 12.5. The molecular formula is C18H33N4O2S+. The molecule has 0 aliphatic carbocycles. The van der Waals surface area contributed by atoms with Gasteiger partial charge in [0.15, 0.2) is 5.13 Å². The zero-order chi connectivity index (χ0) is 18.7. The highest BCUT2D eigenvalue weighted by Crippen LogP contribution is 2.14. The number of hydrogen-bond acceptors (Lipinski definition) is 4. The van der Waals surface area contributed by atoms with Gasteiger partial charge in [-0.3, -0.25) is 9.59 Å². The molecule has 2 amide bonds. The standard InChI is InChI=1S/C18H32N4O2S/c1-5-6-7-8-10-17(24)22(12-9-11-21(3)4)13-16(23)20-18-19-15(2)14-25-18/h14H,5-13H2,1-4H3,(H,19,20,23)/p+1. The highest BCUT2D eigenvalue weighted by Gasteiger charge is 2.18. The van der Waals surface area contributed by atoms with Crippen LogP contribution < -0.4 is 10.2 Å². The van der Waals surface area contributed by atoms with Crippen molar-refractivity contribution in [3.05, 3.63) is 11.1 Å². The van der Waals surface area contributed by atoms with Crippen LogP contribution in [0.2, 0.25) is 0 Å². The van der Waals surface area contributed by atoms with Crippen molar-refractivity contribution in [2.75, 3.05) is 39.0 Å². The molecule has 2 N–H and O–H groups in total. The van der Waals surface area contributed by atoms with E-state index in [9.17, 15) is 9.59 Å². The summed E-state index contributed by atoms with van der Waals surface area (Å²) in [5.74, 6) is -0.0937. The normalized spacial score (nSPS) is 10.9. The molecule has 25 heavy (non-hydrogen) atoms. The fourth-order valence-electron chi connectivity index (χ4n) is 2.52. The second-order valence-electron chi connectivity index (χ2n) is 6.78. The first kappa shape index (κ1) is 21.6. The Morgan fingerprint density at radius 3 is 2.60 bits per heavy atom. The van der Waals surface area contributed by atoms with E-state index in [1.807, 2.05) is 12.3 Å². The van der Waals surface area contributed by atoms with E-state index in [2.05, 4.69) is 31.3 Å². The Kier molecular flexibility index (Phi) is 10.3. The third kappa shape index (κ3) is 9.55. The molecule has 1 heterocycles. The molecule has 0 bridgehead atoms. The fourth-order valence-corrected chi connectivity index (χ4v) is 3.22. The summed E-state index contributed by atoms with van der Waals surface area (Å²) in [7, 11) is 4.18. The Balaban J connectivity index is 2.52. The molecule has 1 aromatic heterocycles. The summed E-state index contributed by atoms with van der Waals surface area (Å²) in [5, 5.41) is 5.28. The maximum absolute atomic E-state index is 12.5. The van der Waals surface area contributed by atoms with Gasteiger partial charge in [0, 0.05) is 24.8 Å². The second-order valence-corrected chi connectivity index (χ2v) is 7.64. The van der Waals surface area contributed by atoms with Gasteiger partial charge in [0.05, 0.1) is 32.9 Å². The van der Waals surface area contributed by atoms with Gasteiger partial charge in [0.2, 0.25) is 11.8 Å². The summed E-state index contributed by atoms with van der Waals surface area (Å²) >= 11 is 1.40. The largest absolute Gasteiger partial charge is 0.340 e. The first-order valence-electron chi connectivity index (χ1n) is 9.21. The van der Waals surface area contributed by atoms with E-state index < -0.39 is 0 Å². The van der Waals surface area contributed by atoms with E-state index in [-0.39, 0.29) is 18.4 Å². The number of rotatable bonds is 12. The van der Waals surface area contributed by atoms with E-state index in [0.29, 0.717) is 18.1 Å². The number of quaternary nitrogens is 1. The minimum Gasteiger partial charge on any atom is -0.340 e. The average Bonchev–Trinajstić information content (AvgIpc) is 2.95. The van der Waals surface area contributed by atoms with Crippen LogP contribution in [0.5, 0.6) is 0 Å². The molecule has 1 aromatic rings. The van der Waals surface area contributed by atoms with Crippen LogP contribution in [0.4, 0.5) is 5.13 Å². The molecule has 0 saturated heterocycles. The van der Waals surface area contributed by atoms with Crippen LogP contribution in [-0.4, -0.2) is 55.4 Å². The van der Waals surface area contributed by atoms with E-state index in [1.54, 1.807) is 4.90 Å². The minimum absolute atomic E-state index is 0.0790. The molecule has 7 heteroatoms. The minimum atomic E-state index is -0.173. The van der Waals surface area contributed by atoms with Gasteiger partial charge in [-0.05, 0) is 13.3 Å². The van der Waals surface area contributed by atoms with Crippen LogP contribution in [0, 0.1) is 6.92 Å². The van der Waals surface area contributed by atoms with Crippen LogP contribution in [0.1, 0.15) is 51.1 Å². The maximum Gasteiger partial charge on any atom is 0.245 e. The van der Waals surface area contributed by atoms with Crippen LogP contribution in [-0.2, 0) is 9.59 Å². The van der Waals surface area contributed by atoms with E-state index in [1.165, 1.54) is 16.2 Å². The SMILES string of the molecule is CCCCCCC(=O)N(CCC[NH+](C)C)CC(=O)Nc1nc(C)cs1. The summed E-state index contributed by atoms with van der Waals surface area (Å²) in [6.45, 7) is 5.76. The summed E-state index contributed by atoms with van der Waals surface area (Å²) in [4.78, 5) is 32.0. The second kappa shape index (κ2) is 12.0. The molecule has 0 saturated carbocycles. The van der Waals surface area contributed by atoms with Crippen molar-refractivity contribution in [3.63, 3.8) is 0 Å². The lowest BCUT2D eigenvalue weighted by Gasteiger charge is -2.22. The molecule has 142 valence electrons. The van der Waals surface area contributed by atoms with Gasteiger partial charge in [-0.1, -0.05) is 26.2 Å². The first-order chi connectivity index (χ1) is 11.9. The number of unbranched alkanes of at least 4 members (excludes halogenated alkanes) is 3. The van der Waals surface area contributed by atoms with Crippen LogP contribution in [0.3, 0.4) is 0 Å². The van der Waals surface area contributed by atoms with E-state index in [4.69, 9.17) is 0 Å². The van der Waals surface area contributed by atoms with Gasteiger partial charge in [-0.15, -0.1) is 11.3 Å². The third-order valence-electron chi connectivity index (χ3n) is 3.90. The number of nitrogens with zero attached hydrogens (tertiary/aromatic N) is 2. The molecule has 0 atom stereocenters. The predicted molar refractivity (Wildman–Crippen MR) is 103 cm³/mol. The predicted octanol–water partition coefficient (Wildman–Crippen LogP) is 1.72. The zero-order valence-electron chi connectivity index (χ0n) is 16.1. The lowest BCUT2D eigenvalue weighted by molar-refractivity contribution is -0.858. The van der Waals surface area contributed by atoms with E-state index >= 15 is 0 Å².